The number of hydrogen-bond acceptors (Lipinski definition) is 5. The van der Waals surface area contributed by atoms with Crippen LogP contribution in [0.3, 0.4) is 0 Å². The van der Waals surface area contributed by atoms with Gasteiger partial charge in [-0.1, -0.05) is 42.5 Å². The van der Waals surface area contributed by atoms with E-state index in [-0.39, 0.29) is 5.91 Å². The van der Waals surface area contributed by atoms with E-state index in [1.807, 2.05) is 24.3 Å². The Balaban J connectivity index is 1.18. The van der Waals surface area contributed by atoms with Crippen molar-refractivity contribution in [1.29, 1.82) is 0 Å². The lowest BCUT2D eigenvalue weighted by atomic mass is 9.72. The van der Waals surface area contributed by atoms with Gasteiger partial charge in [-0.05, 0) is 46.5 Å². The molecule has 0 aliphatic carbocycles. The molecule has 1 N–H and O–H groups in total. The summed E-state index contributed by atoms with van der Waals surface area (Å²) in [5.74, 6) is 2.25. The normalized spacial score (nSPS) is 22.8. The van der Waals surface area contributed by atoms with Gasteiger partial charge in [0.05, 0.1) is 0 Å². The molecule has 2 saturated heterocycles. The fourth-order valence-electron chi connectivity index (χ4n) is 5.60. The Morgan fingerprint density at radius 3 is 2.47 bits per heavy atom. The molecular formula is C28H29N3O3. The van der Waals surface area contributed by atoms with Crippen LogP contribution in [0.2, 0.25) is 0 Å². The highest BCUT2D eigenvalue weighted by Crippen LogP contribution is 2.44. The van der Waals surface area contributed by atoms with Crippen molar-refractivity contribution in [1.82, 2.24) is 15.1 Å². The van der Waals surface area contributed by atoms with Crippen molar-refractivity contribution in [3.63, 3.8) is 0 Å². The number of nitrogens with one attached hydrogen (secondary N) is 1. The van der Waals surface area contributed by atoms with Crippen molar-refractivity contribution < 1.29 is 14.3 Å². The summed E-state index contributed by atoms with van der Waals surface area (Å²) in [5.41, 5.74) is 5.58. The van der Waals surface area contributed by atoms with E-state index in [4.69, 9.17) is 9.47 Å². The summed E-state index contributed by atoms with van der Waals surface area (Å²) in [6.45, 7) is 3.24. The Labute approximate surface area is 200 Å². The van der Waals surface area contributed by atoms with Crippen LogP contribution in [0, 0.1) is 0 Å². The predicted molar refractivity (Wildman–Crippen MR) is 131 cm³/mol. The maximum absolute atomic E-state index is 12.3. The van der Waals surface area contributed by atoms with Crippen LogP contribution >= 0.6 is 0 Å². The second kappa shape index (κ2) is 8.46. The maximum Gasteiger partial charge on any atom is 0.253 e. The molecule has 1 unspecified atom stereocenters. The molecule has 1 amide bonds. The molecule has 34 heavy (non-hydrogen) atoms. The first-order chi connectivity index (χ1) is 16.6. The molecule has 3 heterocycles. The number of fused-ring (bicyclic) bond motifs is 3. The quantitative estimate of drug-likeness (QED) is 0.636. The van der Waals surface area contributed by atoms with Crippen LogP contribution in [0.4, 0.5) is 0 Å². The zero-order valence-electron chi connectivity index (χ0n) is 19.5. The molecule has 6 rings (SSSR count). The van der Waals surface area contributed by atoms with Crippen molar-refractivity contribution in [3.05, 3.63) is 83.4 Å². The van der Waals surface area contributed by atoms with Gasteiger partial charge in [-0.3, -0.25) is 9.69 Å². The number of nitrogens with zero attached hydrogens (tertiary/aromatic N) is 2. The number of piperazine rings is 1. The SMILES string of the molecule is CN(C)C(=O)c1cccc(-c2ccc(C3[C@H]4CNC[C@@H]3N4Cc3ccc4c(c3)OCO4)cc2)c1. The van der Waals surface area contributed by atoms with Crippen LogP contribution < -0.4 is 14.8 Å². The van der Waals surface area contributed by atoms with E-state index in [0.29, 0.717) is 30.4 Å². The van der Waals surface area contributed by atoms with Gasteiger partial charge in [0.15, 0.2) is 11.5 Å². The Bertz CT molecular complexity index is 1210. The second-order valence-electron chi connectivity index (χ2n) is 9.58. The third kappa shape index (κ3) is 3.63. The number of piperidine rings is 1. The largest absolute Gasteiger partial charge is 0.454 e. The fourth-order valence-corrected chi connectivity index (χ4v) is 5.60. The molecule has 0 radical (unpaired) electrons. The van der Waals surface area contributed by atoms with Gasteiger partial charge in [0.1, 0.15) is 0 Å². The third-order valence-electron chi connectivity index (χ3n) is 7.33. The summed E-state index contributed by atoms with van der Waals surface area (Å²) in [6, 6.07) is 24.0. The Kier molecular flexibility index (Phi) is 5.27. The van der Waals surface area contributed by atoms with E-state index < -0.39 is 0 Å². The lowest BCUT2D eigenvalue weighted by Crippen LogP contribution is -2.72. The van der Waals surface area contributed by atoms with Gasteiger partial charge in [0, 0.05) is 57.3 Å². The van der Waals surface area contributed by atoms with Crippen molar-refractivity contribution in [3.8, 4) is 22.6 Å². The first-order valence-corrected chi connectivity index (χ1v) is 11.9. The number of ether oxygens (including phenoxy) is 2. The second-order valence-corrected chi connectivity index (χ2v) is 9.58. The average molecular weight is 456 g/mol. The zero-order valence-corrected chi connectivity index (χ0v) is 19.5. The molecule has 2 fully saturated rings. The highest BCUT2D eigenvalue weighted by atomic mass is 16.7. The molecule has 3 aliphatic heterocycles. The third-order valence-corrected chi connectivity index (χ3v) is 7.33. The summed E-state index contributed by atoms with van der Waals surface area (Å²) >= 11 is 0. The predicted octanol–water partition coefficient (Wildman–Crippen LogP) is 3.72. The van der Waals surface area contributed by atoms with Gasteiger partial charge in [-0.15, -0.1) is 0 Å². The minimum atomic E-state index is 0.0239. The van der Waals surface area contributed by atoms with Crippen molar-refractivity contribution >= 4 is 5.91 Å². The lowest BCUT2D eigenvalue weighted by molar-refractivity contribution is -0.0483. The molecule has 2 bridgehead atoms. The van der Waals surface area contributed by atoms with Gasteiger partial charge in [0.25, 0.3) is 5.91 Å². The first kappa shape index (κ1) is 21.2. The Morgan fingerprint density at radius 1 is 0.941 bits per heavy atom. The molecule has 174 valence electrons. The number of likely N-dealkylation sites (tertiary alicyclic amines) is 1. The van der Waals surface area contributed by atoms with E-state index in [9.17, 15) is 4.79 Å². The van der Waals surface area contributed by atoms with Crippen molar-refractivity contribution in [2.45, 2.75) is 24.5 Å². The van der Waals surface area contributed by atoms with Crippen LogP contribution in [0.5, 0.6) is 11.5 Å². The summed E-state index contributed by atoms with van der Waals surface area (Å²) in [4.78, 5) is 16.6. The molecule has 3 aromatic carbocycles. The van der Waals surface area contributed by atoms with Crippen LogP contribution in [-0.4, -0.2) is 61.8 Å². The standard InChI is InChI=1S/C28H29N3O3/c1-30(2)28(32)22-5-3-4-21(13-22)19-7-9-20(10-8-19)27-23-14-29-15-24(27)31(23)16-18-6-11-25-26(12-18)34-17-33-25/h3-13,23-24,27,29H,14-17H2,1-2H3/t23-,24+,27?. The molecule has 6 heteroatoms. The van der Waals surface area contributed by atoms with E-state index in [0.717, 1.165) is 42.3 Å². The average Bonchev–Trinajstić information content (AvgIpc) is 3.35. The van der Waals surface area contributed by atoms with Gasteiger partial charge in [-0.2, -0.15) is 0 Å². The smallest absolute Gasteiger partial charge is 0.253 e. The van der Waals surface area contributed by atoms with E-state index in [2.05, 4.69) is 52.7 Å². The van der Waals surface area contributed by atoms with Crippen LogP contribution in [0.25, 0.3) is 11.1 Å². The Morgan fingerprint density at radius 2 is 1.71 bits per heavy atom. The Hall–Kier alpha value is -3.35. The number of hydrogen-bond donors (Lipinski definition) is 1. The number of carbonyl (C=O) groups excluding carboxylic acids is 1. The van der Waals surface area contributed by atoms with Crippen LogP contribution in [0.1, 0.15) is 27.4 Å². The molecule has 0 aromatic heterocycles. The number of carbonyl (C=O) groups is 1. The highest BCUT2D eigenvalue weighted by molar-refractivity contribution is 5.95. The number of rotatable bonds is 5. The summed E-state index contributed by atoms with van der Waals surface area (Å²) < 4.78 is 11.0. The maximum atomic E-state index is 12.3. The highest BCUT2D eigenvalue weighted by Gasteiger charge is 2.50. The van der Waals surface area contributed by atoms with Crippen LogP contribution in [0.15, 0.2) is 66.7 Å². The van der Waals surface area contributed by atoms with Gasteiger partial charge in [0.2, 0.25) is 6.79 Å². The van der Waals surface area contributed by atoms with Crippen LogP contribution in [-0.2, 0) is 6.54 Å². The van der Waals surface area contributed by atoms with E-state index >= 15 is 0 Å². The molecule has 6 nitrogen and oxygen atoms in total. The zero-order chi connectivity index (χ0) is 23.2. The lowest BCUT2D eigenvalue weighted by Gasteiger charge is -2.59. The van der Waals surface area contributed by atoms with Gasteiger partial charge < -0.3 is 19.7 Å². The van der Waals surface area contributed by atoms with E-state index in [1.54, 1.807) is 19.0 Å². The molecular weight excluding hydrogens is 426 g/mol. The van der Waals surface area contributed by atoms with Crippen molar-refractivity contribution in [2.24, 2.45) is 0 Å². The minimum absolute atomic E-state index is 0.0239. The molecule has 3 atom stereocenters. The summed E-state index contributed by atoms with van der Waals surface area (Å²) in [6.07, 6.45) is 0. The van der Waals surface area contributed by atoms with Gasteiger partial charge in [-0.25, -0.2) is 0 Å². The monoisotopic (exact) mass is 455 g/mol. The summed E-state index contributed by atoms with van der Waals surface area (Å²) in [7, 11) is 3.56. The molecule has 0 saturated carbocycles. The fraction of sp³-hybridized carbons (Fsp3) is 0.321. The van der Waals surface area contributed by atoms with Crippen molar-refractivity contribution in [2.75, 3.05) is 34.0 Å². The molecule has 3 aliphatic rings. The number of amides is 1. The molecule has 0 spiro atoms. The summed E-state index contributed by atoms with van der Waals surface area (Å²) in [5, 5.41) is 3.58. The minimum Gasteiger partial charge on any atom is -0.454 e. The van der Waals surface area contributed by atoms with Gasteiger partial charge >= 0.3 is 0 Å². The molecule has 3 aromatic rings. The first-order valence-electron chi connectivity index (χ1n) is 11.9. The number of benzene rings is 3. The van der Waals surface area contributed by atoms with E-state index in [1.165, 1.54) is 11.1 Å². The topological polar surface area (TPSA) is 54.0 Å².